The molecule has 13 heavy (non-hydrogen) atoms. The predicted octanol–water partition coefficient (Wildman–Crippen LogP) is 2.23. The lowest BCUT2D eigenvalue weighted by molar-refractivity contribution is 0.309. The van der Waals surface area contributed by atoms with Crippen LogP contribution in [0.5, 0.6) is 0 Å². The minimum Gasteiger partial charge on any atom is -0.370 e. The Morgan fingerprint density at radius 3 is 2.85 bits per heavy atom. The van der Waals surface area contributed by atoms with Gasteiger partial charge in [0.25, 0.3) is 0 Å². The summed E-state index contributed by atoms with van der Waals surface area (Å²) in [5.74, 6) is 0. The van der Waals surface area contributed by atoms with E-state index >= 15 is 0 Å². The molecule has 0 radical (unpaired) electrons. The number of likely N-dealkylation sites (N-methyl/N-ethyl adjacent to an activating group) is 1. The third kappa shape index (κ3) is 2.38. The van der Waals surface area contributed by atoms with Crippen LogP contribution >= 0.6 is 0 Å². The summed E-state index contributed by atoms with van der Waals surface area (Å²) < 4.78 is 0. The van der Waals surface area contributed by atoms with Crippen LogP contribution in [0, 0.1) is 0 Å². The number of rotatable bonds is 3. The summed E-state index contributed by atoms with van der Waals surface area (Å²) in [7, 11) is 2.11. The zero-order chi connectivity index (χ0) is 9.68. The van der Waals surface area contributed by atoms with Crippen molar-refractivity contribution in [2.24, 2.45) is 0 Å². The van der Waals surface area contributed by atoms with E-state index < -0.39 is 0 Å². The summed E-state index contributed by atoms with van der Waals surface area (Å²) in [6.07, 6.45) is 11.9. The molecular formula is C11H18N2. The maximum atomic E-state index is 3.32. The van der Waals surface area contributed by atoms with Gasteiger partial charge in [-0.3, -0.25) is 0 Å². The zero-order valence-corrected chi connectivity index (χ0v) is 8.62. The van der Waals surface area contributed by atoms with Gasteiger partial charge in [-0.05, 0) is 19.4 Å². The van der Waals surface area contributed by atoms with Crippen molar-refractivity contribution >= 4 is 0 Å². The van der Waals surface area contributed by atoms with Crippen LogP contribution in [0.1, 0.15) is 20.3 Å². The van der Waals surface area contributed by atoms with Crippen LogP contribution in [-0.4, -0.2) is 18.1 Å². The van der Waals surface area contributed by atoms with E-state index in [1.807, 2.05) is 19.1 Å². The van der Waals surface area contributed by atoms with Crippen LogP contribution < -0.4 is 5.32 Å². The topological polar surface area (TPSA) is 15.3 Å². The van der Waals surface area contributed by atoms with Gasteiger partial charge in [-0.15, -0.1) is 0 Å². The Hall–Kier alpha value is -1.18. The van der Waals surface area contributed by atoms with Gasteiger partial charge in [0, 0.05) is 13.2 Å². The van der Waals surface area contributed by atoms with Gasteiger partial charge in [-0.2, -0.15) is 0 Å². The summed E-state index contributed by atoms with van der Waals surface area (Å²) in [5, 5.41) is 3.32. The van der Waals surface area contributed by atoms with Crippen LogP contribution in [0.2, 0.25) is 0 Å². The van der Waals surface area contributed by atoms with Gasteiger partial charge in [0.15, 0.2) is 0 Å². The molecule has 0 saturated carbocycles. The van der Waals surface area contributed by atoms with Crippen LogP contribution in [0.3, 0.4) is 0 Å². The van der Waals surface area contributed by atoms with E-state index in [0.29, 0.717) is 6.17 Å². The van der Waals surface area contributed by atoms with Crippen molar-refractivity contribution in [3.8, 4) is 0 Å². The van der Waals surface area contributed by atoms with Gasteiger partial charge in [0.1, 0.15) is 0 Å². The molecule has 0 aromatic carbocycles. The molecule has 1 N–H and O–H groups in total. The lowest BCUT2D eigenvalue weighted by atomic mass is 10.3. The second-order valence-electron chi connectivity index (χ2n) is 3.16. The fraction of sp³-hybridized carbons (Fsp3) is 0.455. The zero-order valence-electron chi connectivity index (χ0n) is 8.62. The third-order valence-electron chi connectivity index (χ3n) is 2.26. The third-order valence-corrected chi connectivity index (χ3v) is 2.26. The van der Waals surface area contributed by atoms with Gasteiger partial charge < -0.3 is 10.2 Å². The standard InChI is InChI=1S/C11H18N2/c1-4-6-7-8-10-9-12-11(5-2)13(10)3/h4,6-9,11-12H,5H2,1-3H3/b6-4-,8-7-. The minimum atomic E-state index is 0.463. The van der Waals surface area contributed by atoms with E-state index in [1.165, 1.54) is 5.70 Å². The second-order valence-corrected chi connectivity index (χ2v) is 3.16. The summed E-state index contributed by atoms with van der Waals surface area (Å²) in [5.41, 5.74) is 1.24. The van der Waals surface area contributed by atoms with Crippen molar-refractivity contribution in [3.63, 3.8) is 0 Å². The normalized spacial score (nSPS) is 22.8. The SMILES string of the molecule is C/C=C\C=C/C1=CNC(CC)N1C. The molecule has 1 rings (SSSR count). The fourth-order valence-electron chi connectivity index (χ4n) is 1.40. The van der Waals surface area contributed by atoms with Crippen LogP contribution in [0.25, 0.3) is 0 Å². The van der Waals surface area contributed by atoms with Crippen molar-refractivity contribution in [1.29, 1.82) is 0 Å². The highest BCUT2D eigenvalue weighted by molar-refractivity contribution is 5.23. The molecule has 0 bridgehead atoms. The molecule has 2 nitrogen and oxygen atoms in total. The Kier molecular flexibility index (Phi) is 3.62. The van der Waals surface area contributed by atoms with E-state index in [-0.39, 0.29) is 0 Å². The number of nitrogens with one attached hydrogen (secondary N) is 1. The largest absolute Gasteiger partial charge is 0.370 e. The van der Waals surface area contributed by atoms with Crippen molar-refractivity contribution in [3.05, 3.63) is 36.2 Å². The molecule has 0 saturated heterocycles. The highest BCUT2D eigenvalue weighted by Crippen LogP contribution is 2.14. The highest BCUT2D eigenvalue weighted by atomic mass is 15.3. The van der Waals surface area contributed by atoms with Gasteiger partial charge in [-0.25, -0.2) is 0 Å². The number of nitrogens with zero attached hydrogens (tertiary/aromatic N) is 1. The molecule has 1 unspecified atom stereocenters. The summed E-state index contributed by atoms with van der Waals surface area (Å²) in [6.45, 7) is 4.20. The molecule has 1 aliphatic heterocycles. The molecule has 1 heterocycles. The van der Waals surface area contributed by atoms with E-state index in [2.05, 4.69) is 42.5 Å². The Balaban J connectivity index is 2.53. The maximum absolute atomic E-state index is 3.32. The summed E-state index contributed by atoms with van der Waals surface area (Å²) in [4.78, 5) is 2.25. The molecule has 0 aliphatic carbocycles. The smallest absolute Gasteiger partial charge is 0.0980 e. The molecular weight excluding hydrogens is 160 g/mol. The first-order valence-electron chi connectivity index (χ1n) is 4.78. The average molecular weight is 178 g/mol. The molecule has 72 valence electrons. The molecule has 1 atom stereocenters. The first kappa shape index (κ1) is 9.90. The number of allylic oxidation sites excluding steroid dienone is 4. The molecule has 0 spiro atoms. The predicted molar refractivity (Wildman–Crippen MR) is 57.0 cm³/mol. The second kappa shape index (κ2) is 4.75. The van der Waals surface area contributed by atoms with Crippen molar-refractivity contribution < 1.29 is 0 Å². The first-order chi connectivity index (χ1) is 6.29. The lowest BCUT2D eigenvalue weighted by Crippen LogP contribution is -2.32. The quantitative estimate of drug-likeness (QED) is 0.667. The van der Waals surface area contributed by atoms with Gasteiger partial charge in [0.2, 0.25) is 0 Å². The van der Waals surface area contributed by atoms with E-state index in [1.54, 1.807) is 0 Å². The maximum Gasteiger partial charge on any atom is 0.0980 e. The number of hydrogen-bond donors (Lipinski definition) is 1. The van der Waals surface area contributed by atoms with Gasteiger partial charge >= 0.3 is 0 Å². The van der Waals surface area contributed by atoms with Crippen molar-refractivity contribution in [2.45, 2.75) is 26.4 Å². The van der Waals surface area contributed by atoms with E-state index in [0.717, 1.165) is 6.42 Å². The average Bonchev–Trinajstić information content (AvgIpc) is 2.48. The monoisotopic (exact) mass is 178 g/mol. The summed E-state index contributed by atoms with van der Waals surface area (Å²) in [6, 6.07) is 0. The molecule has 0 aromatic rings. The van der Waals surface area contributed by atoms with Crippen molar-refractivity contribution in [2.75, 3.05) is 7.05 Å². The number of hydrogen-bond acceptors (Lipinski definition) is 2. The Morgan fingerprint density at radius 1 is 1.54 bits per heavy atom. The lowest BCUT2D eigenvalue weighted by Gasteiger charge is -2.22. The molecule has 0 aromatic heterocycles. The fourth-order valence-corrected chi connectivity index (χ4v) is 1.40. The molecule has 0 fully saturated rings. The van der Waals surface area contributed by atoms with Crippen molar-refractivity contribution in [1.82, 2.24) is 10.2 Å². The first-order valence-corrected chi connectivity index (χ1v) is 4.78. The summed E-state index contributed by atoms with van der Waals surface area (Å²) >= 11 is 0. The van der Waals surface area contributed by atoms with Gasteiger partial charge in [0.05, 0.1) is 11.9 Å². The molecule has 2 heteroatoms. The Morgan fingerprint density at radius 2 is 2.31 bits per heavy atom. The minimum absolute atomic E-state index is 0.463. The van der Waals surface area contributed by atoms with Crippen LogP contribution in [0.4, 0.5) is 0 Å². The molecule has 0 amide bonds. The van der Waals surface area contributed by atoms with E-state index in [4.69, 9.17) is 0 Å². The highest BCUT2D eigenvalue weighted by Gasteiger charge is 2.17. The van der Waals surface area contributed by atoms with E-state index in [9.17, 15) is 0 Å². The van der Waals surface area contributed by atoms with Crippen LogP contribution in [0.15, 0.2) is 36.2 Å². The van der Waals surface area contributed by atoms with Gasteiger partial charge in [-0.1, -0.05) is 25.2 Å². The Labute approximate surface area is 80.6 Å². The molecule has 1 aliphatic rings. The van der Waals surface area contributed by atoms with Crippen LogP contribution in [-0.2, 0) is 0 Å². The Bertz CT molecular complexity index is 238.